The molecule has 0 saturated heterocycles. The first-order chi connectivity index (χ1) is 11.2. The predicted octanol–water partition coefficient (Wildman–Crippen LogP) is 6.53. The summed E-state index contributed by atoms with van der Waals surface area (Å²) in [4.78, 5) is 1.42. The minimum atomic E-state index is 0.669. The molecule has 2 aliphatic rings. The maximum absolute atomic E-state index is 4.69. The van der Waals surface area contributed by atoms with Crippen molar-refractivity contribution in [3.05, 3.63) is 23.3 Å². The summed E-state index contributed by atoms with van der Waals surface area (Å²) in [6, 6.07) is 4.75. The standard InChI is InChI=1S/C18H22Br2N2S/c19-13-5-1-11(2-6-13)15-9-10-16(18-17(15)21-23-22-18)12-3-7-14(20)8-4-12/h9-14H,1-8H2. The minimum Gasteiger partial charge on any atom is -0.173 e. The predicted molar refractivity (Wildman–Crippen MR) is 105 cm³/mol. The average Bonchev–Trinajstić information content (AvgIpc) is 3.05. The molecule has 2 aromatic rings. The van der Waals surface area contributed by atoms with E-state index in [0.29, 0.717) is 21.5 Å². The monoisotopic (exact) mass is 456 g/mol. The van der Waals surface area contributed by atoms with Gasteiger partial charge in [-0.05, 0) is 74.3 Å². The fourth-order valence-corrected chi connectivity index (χ4v) is 5.94. The summed E-state index contributed by atoms with van der Waals surface area (Å²) in [6.07, 6.45) is 10.2. The Balaban J connectivity index is 1.65. The fraction of sp³-hybridized carbons (Fsp3) is 0.667. The molecule has 2 aliphatic carbocycles. The van der Waals surface area contributed by atoms with Gasteiger partial charge in [-0.1, -0.05) is 44.0 Å². The van der Waals surface area contributed by atoms with E-state index in [2.05, 4.69) is 44.0 Å². The van der Waals surface area contributed by atoms with Gasteiger partial charge in [-0.2, -0.15) is 8.75 Å². The van der Waals surface area contributed by atoms with Crippen molar-refractivity contribution in [1.82, 2.24) is 8.75 Å². The number of benzene rings is 1. The lowest BCUT2D eigenvalue weighted by molar-refractivity contribution is 0.455. The van der Waals surface area contributed by atoms with Crippen molar-refractivity contribution >= 4 is 54.6 Å². The third-order valence-corrected chi connectivity index (χ3v) is 8.03. The molecule has 0 N–H and O–H groups in total. The number of alkyl halides is 2. The highest BCUT2D eigenvalue weighted by Gasteiger charge is 2.27. The Labute approximate surface area is 159 Å². The summed E-state index contributed by atoms with van der Waals surface area (Å²) in [5.74, 6) is 1.34. The molecule has 4 rings (SSSR count). The van der Waals surface area contributed by atoms with Crippen molar-refractivity contribution in [2.45, 2.75) is 72.9 Å². The zero-order valence-corrected chi connectivity index (χ0v) is 17.2. The van der Waals surface area contributed by atoms with E-state index in [1.54, 1.807) is 0 Å². The van der Waals surface area contributed by atoms with Crippen LogP contribution in [0.15, 0.2) is 12.1 Å². The number of halogens is 2. The van der Waals surface area contributed by atoms with E-state index in [0.717, 1.165) is 0 Å². The fourth-order valence-electron chi connectivity index (χ4n) is 4.29. The lowest BCUT2D eigenvalue weighted by atomic mass is 9.80. The first-order valence-electron chi connectivity index (χ1n) is 8.75. The van der Waals surface area contributed by atoms with Crippen LogP contribution in [0, 0.1) is 0 Å². The van der Waals surface area contributed by atoms with Gasteiger partial charge in [0.05, 0.1) is 11.7 Å². The zero-order valence-electron chi connectivity index (χ0n) is 13.2. The minimum absolute atomic E-state index is 0.669. The summed E-state index contributed by atoms with van der Waals surface area (Å²) < 4.78 is 9.39. The molecular weight excluding hydrogens is 436 g/mol. The molecular formula is C18H22Br2N2S. The summed E-state index contributed by atoms with van der Waals surface area (Å²) in [5, 5.41) is 0. The molecule has 1 heterocycles. The normalized spacial score (nSPS) is 32.3. The van der Waals surface area contributed by atoms with Gasteiger partial charge in [-0.25, -0.2) is 0 Å². The second kappa shape index (κ2) is 7.09. The zero-order chi connectivity index (χ0) is 15.8. The molecule has 2 nitrogen and oxygen atoms in total. The van der Waals surface area contributed by atoms with E-state index < -0.39 is 0 Å². The summed E-state index contributed by atoms with van der Waals surface area (Å²) in [5.41, 5.74) is 5.30. The van der Waals surface area contributed by atoms with Crippen molar-refractivity contribution < 1.29 is 0 Å². The van der Waals surface area contributed by atoms with Crippen LogP contribution in [0.2, 0.25) is 0 Å². The molecule has 5 heteroatoms. The molecule has 124 valence electrons. The van der Waals surface area contributed by atoms with Crippen LogP contribution in [-0.2, 0) is 0 Å². The Morgan fingerprint density at radius 1 is 0.696 bits per heavy atom. The van der Waals surface area contributed by atoms with Gasteiger partial charge in [-0.3, -0.25) is 0 Å². The molecule has 0 atom stereocenters. The Bertz CT molecular complexity index is 615. The summed E-state index contributed by atoms with van der Waals surface area (Å²) >= 11 is 8.93. The highest BCUT2D eigenvalue weighted by molar-refractivity contribution is 9.09. The lowest BCUT2D eigenvalue weighted by Crippen LogP contribution is -2.14. The van der Waals surface area contributed by atoms with E-state index in [1.165, 1.54) is 85.3 Å². The molecule has 0 amide bonds. The highest BCUT2D eigenvalue weighted by atomic mass is 79.9. The smallest absolute Gasteiger partial charge is 0.108 e. The number of aromatic nitrogens is 2. The number of hydrogen-bond acceptors (Lipinski definition) is 3. The molecule has 0 radical (unpaired) electrons. The second-order valence-electron chi connectivity index (χ2n) is 7.10. The molecule has 1 aromatic carbocycles. The van der Waals surface area contributed by atoms with E-state index in [9.17, 15) is 0 Å². The van der Waals surface area contributed by atoms with Crippen LogP contribution in [0.1, 0.15) is 74.3 Å². The maximum atomic E-state index is 4.69. The van der Waals surface area contributed by atoms with Crippen LogP contribution in [0.4, 0.5) is 0 Å². The average molecular weight is 458 g/mol. The highest BCUT2D eigenvalue weighted by Crippen LogP contribution is 2.42. The van der Waals surface area contributed by atoms with Crippen molar-refractivity contribution in [1.29, 1.82) is 0 Å². The maximum Gasteiger partial charge on any atom is 0.108 e. The quantitative estimate of drug-likeness (QED) is 0.478. The third-order valence-electron chi connectivity index (χ3n) is 5.67. The van der Waals surface area contributed by atoms with Crippen LogP contribution in [0.25, 0.3) is 11.0 Å². The van der Waals surface area contributed by atoms with Gasteiger partial charge < -0.3 is 0 Å². The van der Waals surface area contributed by atoms with Crippen LogP contribution in [0.5, 0.6) is 0 Å². The molecule has 2 saturated carbocycles. The lowest BCUT2D eigenvalue weighted by Gasteiger charge is -2.28. The van der Waals surface area contributed by atoms with Gasteiger partial charge in [-0.15, -0.1) is 0 Å². The number of hydrogen-bond donors (Lipinski definition) is 0. The molecule has 1 aromatic heterocycles. The molecule has 0 bridgehead atoms. The Kier molecular flexibility index (Phi) is 5.07. The van der Waals surface area contributed by atoms with Crippen LogP contribution >= 0.6 is 43.6 Å². The SMILES string of the molecule is BrC1CCC(c2ccc(C3CCC(Br)CC3)c3nsnc23)CC1. The Morgan fingerprint density at radius 2 is 1.09 bits per heavy atom. The second-order valence-corrected chi connectivity index (χ2v) is 10.2. The van der Waals surface area contributed by atoms with E-state index in [4.69, 9.17) is 8.75 Å². The van der Waals surface area contributed by atoms with Crippen LogP contribution < -0.4 is 0 Å². The Hall–Kier alpha value is -0.0000000000000000555. The van der Waals surface area contributed by atoms with Crippen molar-refractivity contribution in [2.75, 3.05) is 0 Å². The van der Waals surface area contributed by atoms with E-state index in [-0.39, 0.29) is 0 Å². The third kappa shape index (κ3) is 3.38. The molecule has 2 fully saturated rings. The molecule has 0 spiro atoms. The van der Waals surface area contributed by atoms with Gasteiger partial charge in [0.25, 0.3) is 0 Å². The van der Waals surface area contributed by atoms with Crippen molar-refractivity contribution in [3.8, 4) is 0 Å². The van der Waals surface area contributed by atoms with Gasteiger partial charge in [0.15, 0.2) is 0 Å². The first kappa shape index (κ1) is 16.5. The van der Waals surface area contributed by atoms with Crippen LogP contribution in [-0.4, -0.2) is 18.4 Å². The summed E-state index contributed by atoms with van der Waals surface area (Å²) in [6.45, 7) is 0. The van der Waals surface area contributed by atoms with Crippen molar-refractivity contribution in [2.24, 2.45) is 0 Å². The molecule has 0 unspecified atom stereocenters. The number of nitrogens with zero attached hydrogens (tertiary/aromatic N) is 2. The number of rotatable bonds is 2. The van der Waals surface area contributed by atoms with E-state index in [1.807, 2.05) is 0 Å². The van der Waals surface area contributed by atoms with Gasteiger partial charge >= 0.3 is 0 Å². The largest absolute Gasteiger partial charge is 0.173 e. The molecule has 23 heavy (non-hydrogen) atoms. The van der Waals surface area contributed by atoms with Gasteiger partial charge in [0.2, 0.25) is 0 Å². The van der Waals surface area contributed by atoms with Gasteiger partial charge in [0, 0.05) is 9.65 Å². The summed E-state index contributed by atoms with van der Waals surface area (Å²) in [7, 11) is 0. The van der Waals surface area contributed by atoms with Crippen LogP contribution in [0.3, 0.4) is 0 Å². The first-order valence-corrected chi connectivity index (χ1v) is 11.3. The Morgan fingerprint density at radius 3 is 1.48 bits per heavy atom. The molecule has 0 aliphatic heterocycles. The van der Waals surface area contributed by atoms with Gasteiger partial charge in [0.1, 0.15) is 11.0 Å². The number of fused-ring (bicyclic) bond motifs is 1. The topological polar surface area (TPSA) is 25.8 Å². The van der Waals surface area contributed by atoms with E-state index >= 15 is 0 Å². The van der Waals surface area contributed by atoms with Crippen molar-refractivity contribution in [3.63, 3.8) is 0 Å².